The summed E-state index contributed by atoms with van der Waals surface area (Å²) in [5, 5.41) is 13.3. The van der Waals surface area contributed by atoms with E-state index in [2.05, 4.69) is 30.5 Å². The van der Waals surface area contributed by atoms with Crippen molar-refractivity contribution in [1.82, 2.24) is 25.1 Å². The van der Waals surface area contributed by atoms with Crippen LogP contribution >= 0.6 is 22.7 Å². The van der Waals surface area contributed by atoms with E-state index in [0.717, 1.165) is 20.7 Å². The van der Waals surface area contributed by atoms with E-state index in [-0.39, 0.29) is 5.97 Å². The Balaban J connectivity index is 1.62. The summed E-state index contributed by atoms with van der Waals surface area (Å²) in [7, 11) is 0. The summed E-state index contributed by atoms with van der Waals surface area (Å²) in [6, 6.07) is 3.95. The molecular formula is C18H18N6O2S2. The van der Waals surface area contributed by atoms with Crippen molar-refractivity contribution in [3.63, 3.8) is 0 Å². The van der Waals surface area contributed by atoms with Gasteiger partial charge in [0.2, 0.25) is 0 Å². The minimum absolute atomic E-state index is 0.331. The first-order chi connectivity index (χ1) is 13.6. The lowest BCUT2D eigenvalue weighted by Gasteiger charge is -2.07. The molecule has 0 saturated heterocycles. The quantitative estimate of drug-likeness (QED) is 0.460. The Morgan fingerprint density at radius 1 is 1.29 bits per heavy atom. The maximum atomic E-state index is 12.2. The van der Waals surface area contributed by atoms with Crippen molar-refractivity contribution in [3.05, 3.63) is 39.6 Å². The summed E-state index contributed by atoms with van der Waals surface area (Å²) < 4.78 is 5.16. The molecule has 4 aromatic rings. The van der Waals surface area contributed by atoms with E-state index >= 15 is 0 Å². The molecule has 0 unspecified atom stereocenters. The number of ether oxygens (including phenoxy) is 1. The van der Waals surface area contributed by atoms with Crippen LogP contribution in [0.5, 0.6) is 0 Å². The molecule has 4 aromatic heterocycles. The molecule has 8 nitrogen and oxygen atoms in total. The molecule has 4 heterocycles. The van der Waals surface area contributed by atoms with Crippen LogP contribution in [0.25, 0.3) is 20.9 Å². The monoisotopic (exact) mass is 414 g/mol. The van der Waals surface area contributed by atoms with Crippen molar-refractivity contribution >= 4 is 44.7 Å². The number of hydrogen-bond acceptors (Lipinski definition) is 9. The van der Waals surface area contributed by atoms with Crippen LogP contribution in [0.4, 0.5) is 5.82 Å². The number of aryl methyl sites for hydroxylation is 2. The number of aromatic nitrogens is 5. The molecule has 0 spiro atoms. The number of nitrogens with zero attached hydrogens (tertiary/aromatic N) is 4. The molecule has 0 radical (unpaired) electrons. The average Bonchev–Trinajstić information content (AvgIpc) is 3.40. The van der Waals surface area contributed by atoms with Crippen LogP contribution in [0.15, 0.2) is 17.5 Å². The van der Waals surface area contributed by atoms with Gasteiger partial charge in [0.25, 0.3) is 0 Å². The van der Waals surface area contributed by atoms with Gasteiger partial charge in [-0.2, -0.15) is 5.10 Å². The van der Waals surface area contributed by atoms with Crippen LogP contribution in [0.2, 0.25) is 0 Å². The van der Waals surface area contributed by atoms with Gasteiger partial charge in [0.15, 0.2) is 5.82 Å². The van der Waals surface area contributed by atoms with E-state index in [0.29, 0.717) is 41.3 Å². The lowest BCUT2D eigenvalue weighted by molar-refractivity contribution is 0.0531. The van der Waals surface area contributed by atoms with Gasteiger partial charge in [-0.1, -0.05) is 6.07 Å². The van der Waals surface area contributed by atoms with E-state index in [1.54, 1.807) is 18.3 Å². The van der Waals surface area contributed by atoms with E-state index in [4.69, 9.17) is 4.74 Å². The maximum absolute atomic E-state index is 12.2. The van der Waals surface area contributed by atoms with E-state index in [1.165, 1.54) is 11.3 Å². The zero-order valence-corrected chi connectivity index (χ0v) is 17.2. The predicted octanol–water partition coefficient (Wildman–Crippen LogP) is 3.94. The van der Waals surface area contributed by atoms with Gasteiger partial charge >= 0.3 is 5.97 Å². The number of carbonyl (C=O) groups is 1. The lowest BCUT2D eigenvalue weighted by Crippen LogP contribution is -2.06. The van der Waals surface area contributed by atoms with Gasteiger partial charge in [0.1, 0.15) is 27.2 Å². The highest BCUT2D eigenvalue weighted by atomic mass is 32.1. The molecule has 10 heteroatoms. The standard InChI is InChI=1S/C18H18N6O2S2/c1-4-26-18(25)14-9(2)13-16(20-10(3)21-17(13)28-14)19-8-12-22-15(24-23-12)11-6-5-7-27-11/h5-7H,4,8H2,1-3H3,(H,19,20,21)(H,22,23,24). The van der Waals surface area contributed by atoms with Gasteiger partial charge in [0, 0.05) is 0 Å². The fourth-order valence-electron chi connectivity index (χ4n) is 2.82. The second kappa shape index (κ2) is 7.64. The normalized spacial score (nSPS) is 11.1. The van der Waals surface area contributed by atoms with Gasteiger partial charge in [-0.3, -0.25) is 5.10 Å². The van der Waals surface area contributed by atoms with E-state index in [1.807, 2.05) is 31.4 Å². The van der Waals surface area contributed by atoms with Gasteiger partial charge in [0.05, 0.1) is 23.4 Å². The Hall–Kier alpha value is -2.85. The Bertz CT molecular complexity index is 1130. The molecule has 0 amide bonds. The van der Waals surface area contributed by atoms with Crippen LogP contribution in [-0.4, -0.2) is 37.7 Å². The van der Waals surface area contributed by atoms with Crippen LogP contribution in [0.1, 0.15) is 33.8 Å². The third-order valence-electron chi connectivity index (χ3n) is 4.06. The minimum atomic E-state index is -0.331. The van der Waals surface area contributed by atoms with Crippen molar-refractivity contribution in [1.29, 1.82) is 0 Å². The molecule has 0 aliphatic carbocycles. The largest absolute Gasteiger partial charge is 0.462 e. The number of anilines is 1. The van der Waals surface area contributed by atoms with Crippen molar-refractivity contribution in [2.45, 2.75) is 27.3 Å². The highest BCUT2D eigenvalue weighted by molar-refractivity contribution is 7.20. The molecule has 0 fully saturated rings. The molecule has 0 aromatic carbocycles. The molecule has 0 aliphatic rings. The molecular weight excluding hydrogens is 396 g/mol. The number of hydrogen-bond donors (Lipinski definition) is 2. The first-order valence-corrected chi connectivity index (χ1v) is 10.4. The third-order valence-corrected chi connectivity index (χ3v) is 6.09. The van der Waals surface area contributed by atoms with Gasteiger partial charge in [-0.25, -0.2) is 19.7 Å². The Morgan fingerprint density at radius 3 is 2.89 bits per heavy atom. The Labute approximate surface area is 169 Å². The van der Waals surface area contributed by atoms with Crippen LogP contribution in [-0.2, 0) is 11.3 Å². The average molecular weight is 415 g/mol. The Morgan fingerprint density at radius 2 is 2.14 bits per heavy atom. The number of nitrogens with one attached hydrogen (secondary N) is 2. The van der Waals surface area contributed by atoms with E-state index in [9.17, 15) is 4.79 Å². The molecule has 4 rings (SSSR count). The van der Waals surface area contributed by atoms with Crippen molar-refractivity contribution in [2.24, 2.45) is 0 Å². The molecule has 28 heavy (non-hydrogen) atoms. The topological polar surface area (TPSA) is 106 Å². The first kappa shape index (κ1) is 18.5. The fourth-order valence-corrected chi connectivity index (χ4v) is 4.60. The van der Waals surface area contributed by atoms with Crippen LogP contribution < -0.4 is 5.32 Å². The fraction of sp³-hybridized carbons (Fsp3) is 0.278. The first-order valence-electron chi connectivity index (χ1n) is 8.70. The highest BCUT2D eigenvalue weighted by Gasteiger charge is 2.21. The van der Waals surface area contributed by atoms with Crippen molar-refractivity contribution in [2.75, 3.05) is 11.9 Å². The molecule has 0 saturated carbocycles. The molecule has 0 aliphatic heterocycles. The number of fused-ring (bicyclic) bond motifs is 1. The minimum Gasteiger partial charge on any atom is -0.462 e. The number of thiophene rings is 2. The molecule has 144 valence electrons. The number of esters is 1. The lowest BCUT2D eigenvalue weighted by atomic mass is 10.2. The summed E-state index contributed by atoms with van der Waals surface area (Å²) >= 11 is 2.91. The van der Waals surface area contributed by atoms with Crippen molar-refractivity contribution in [3.8, 4) is 10.7 Å². The molecule has 0 bridgehead atoms. The number of rotatable bonds is 6. The smallest absolute Gasteiger partial charge is 0.348 e. The SMILES string of the molecule is CCOC(=O)c1sc2nc(C)nc(NCc3nc(-c4cccs4)n[nH]3)c2c1C. The van der Waals surface area contributed by atoms with Crippen LogP contribution in [0, 0.1) is 13.8 Å². The van der Waals surface area contributed by atoms with Crippen molar-refractivity contribution < 1.29 is 9.53 Å². The summed E-state index contributed by atoms with van der Waals surface area (Å²) in [6.45, 7) is 6.26. The maximum Gasteiger partial charge on any atom is 0.348 e. The Kier molecular flexibility index (Phi) is 5.05. The zero-order valence-electron chi connectivity index (χ0n) is 15.6. The summed E-state index contributed by atoms with van der Waals surface area (Å²) in [6.07, 6.45) is 0. The van der Waals surface area contributed by atoms with Gasteiger partial charge in [-0.05, 0) is 37.8 Å². The number of aromatic amines is 1. The van der Waals surface area contributed by atoms with Gasteiger partial charge in [-0.15, -0.1) is 22.7 Å². The summed E-state index contributed by atoms with van der Waals surface area (Å²) in [5.74, 6) is 2.34. The summed E-state index contributed by atoms with van der Waals surface area (Å²) in [4.78, 5) is 28.1. The van der Waals surface area contributed by atoms with Gasteiger partial charge < -0.3 is 10.1 Å². The summed E-state index contributed by atoms with van der Waals surface area (Å²) in [5.41, 5.74) is 0.817. The molecule has 2 N–H and O–H groups in total. The second-order valence-corrected chi connectivity index (χ2v) is 7.96. The van der Waals surface area contributed by atoms with E-state index < -0.39 is 0 Å². The number of H-pyrrole nitrogens is 1. The van der Waals surface area contributed by atoms with Crippen LogP contribution in [0.3, 0.4) is 0 Å². The predicted molar refractivity (Wildman–Crippen MR) is 110 cm³/mol. The molecule has 0 atom stereocenters. The second-order valence-electron chi connectivity index (χ2n) is 6.01. The highest BCUT2D eigenvalue weighted by Crippen LogP contribution is 2.34. The third kappa shape index (κ3) is 3.48. The number of carbonyl (C=O) groups excluding carboxylic acids is 1. The zero-order chi connectivity index (χ0) is 19.7.